The first-order chi connectivity index (χ1) is 6.21. The highest BCUT2D eigenvalue weighted by Crippen LogP contribution is 2.20. The van der Waals surface area contributed by atoms with Crippen LogP contribution in [0, 0.1) is 0 Å². The zero-order valence-electron chi connectivity index (χ0n) is 7.58. The fourth-order valence-corrected chi connectivity index (χ4v) is 0.963. The summed E-state index contributed by atoms with van der Waals surface area (Å²) in [7, 11) is 0. The summed E-state index contributed by atoms with van der Waals surface area (Å²) in [6, 6.07) is 0. The van der Waals surface area contributed by atoms with Crippen LogP contribution in [-0.2, 0) is 0 Å². The summed E-state index contributed by atoms with van der Waals surface area (Å²) in [5.41, 5.74) is 0. The van der Waals surface area contributed by atoms with Crippen LogP contribution >= 0.6 is 11.6 Å². The van der Waals surface area contributed by atoms with Gasteiger partial charge in [-0.05, 0) is 6.92 Å². The molecule has 0 aromatic rings. The van der Waals surface area contributed by atoms with E-state index in [4.69, 9.17) is 32.0 Å². The fourth-order valence-electron chi connectivity index (χ4n) is 0.834. The molecule has 5 unspecified atom stereocenters. The van der Waals surface area contributed by atoms with Crippen LogP contribution in [0.25, 0.3) is 0 Å². The summed E-state index contributed by atoms with van der Waals surface area (Å²) in [6.45, 7) is 0.232. The number of rotatable bonds is 5. The topological polar surface area (TPSA) is 121 Å². The average Bonchev–Trinajstić information content (AvgIpc) is 2.11. The summed E-state index contributed by atoms with van der Waals surface area (Å²) in [4.78, 5) is 0. The molecule has 0 aliphatic rings. The van der Waals surface area contributed by atoms with E-state index >= 15 is 0 Å². The maximum atomic E-state index is 9.21. The molecule has 0 saturated heterocycles. The van der Waals surface area contributed by atoms with E-state index in [-0.39, 0.29) is 0 Å². The molecule has 0 bridgehead atoms. The Morgan fingerprint density at radius 3 is 1.86 bits per heavy atom. The molecule has 5 atom stereocenters. The normalized spacial score (nSPS) is 24.9. The summed E-state index contributed by atoms with van der Waals surface area (Å²) >= 11 is 5.26. The molecular weight excluding hydrogens is 216 g/mol. The van der Waals surface area contributed by atoms with Crippen molar-refractivity contribution in [3.63, 3.8) is 0 Å². The minimum absolute atomic E-state index is 0.782. The highest BCUT2D eigenvalue weighted by Gasteiger charge is 2.39. The molecule has 0 amide bonds. The molecule has 7 heteroatoms. The van der Waals surface area contributed by atoms with Crippen LogP contribution in [0.15, 0.2) is 0 Å². The minimum atomic E-state index is -2.13. The van der Waals surface area contributed by atoms with Crippen molar-refractivity contribution in [1.29, 1.82) is 0 Å². The van der Waals surface area contributed by atoms with Gasteiger partial charge in [-0.3, -0.25) is 0 Å². The fraction of sp³-hybridized carbons (Fsp3) is 1.00. The van der Waals surface area contributed by atoms with Crippen molar-refractivity contribution in [3.8, 4) is 0 Å². The van der Waals surface area contributed by atoms with Crippen molar-refractivity contribution < 1.29 is 30.6 Å². The van der Waals surface area contributed by atoms with E-state index in [2.05, 4.69) is 0 Å². The number of aliphatic hydroxyl groups excluding tert-OH is 5. The molecule has 6 nitrogen and oxygen atoms in total. The molecule has 6 N–H and O–H groups in total. The summed E-state index contributed by atoms with van der Waals surface area (Å²) in [5, 5.41) is 51.8. The van der Waals surface area contributed by atoms with Crippen molar-refractivity contribution in [2.24, 2.45) is 0 Å². The van der Waals surface area contributed by atoms with Crippen LogP contribution in [0.4, 0.5) is 0 Å². The Bertz CT molecular complexity index is 170. The Balaban J connectivity index is 4.38. The Morgan fingerprint density at radius 2 is 1.57 bits per heavy atom. The quantitative estimate of drug-likeness (QED) is 0.288. The molecule has 0 fully saturated rings. The van der Waals surface area contributed by atoms with Crippen molar-refractivity contribution in [3.05, 3.63) is 0 Å². The molecule has 0 aromatic heterocycles. The van der Waals surface area contributed by atoms with E-state index < -0.39 is 36.1 Å². The monoisotopic (exact) mass is 230 g/mol. The molecule has 0 spiro atoms. The average molecular weight is 231 g/mol. The Hall–Kier alpha value is 0.0500. The van der Waals surface area contributed by atoms with Gasteiger partial charge in [0.25, 0.3) is 0 Å². The van der Waals surface area contributed by atoms with E-state index in [1.54, 1.807) is 0 Å². The minimum Gasteiger partial charge on any atom is -0.394 e. The third-order valence-corrected chi connectivity index (χ3v) is 2.02. The Morgan fingerprint density at radius 1 is 1.14 bits per heavy atom. The second-order valence-electron chi connectivity index (χ2n) is 3.20. The SMILES string of the molecule is CC(O)(Cl)C(O)C(O)C(O)C(O)CO. The van der Waals surface area contributed by atoms with Crippen LogP contribution in [0.5, 0.6) is 0 Å². The van der Waals surface area contributed by atoms with E-state index in [9.17, 15) is 10.2 Å². The van der Waals surface area contributed by atoms with E-state index in [0.717, 1.165) is 6.92 Å². The summed E-state index contributed by atoms with van der Waals surface area (Å²) < 4.78 is 0. The van der Waals surface area contributed by atoms with Gasteiger partial charge in [0.15, 0.2) is 5.06 Å². The molecule has 0 heterocycles. The Labute approximate surface area is 86.0 Å². The van der Waals surface area contributed by atoms with Gasteiger partial charge in [-0.2, -0.15) is 0 Å². The molecule has 86 valence electrons. The van der Waals surface area contributed by atoms with Gasteiger partial charge in [0.05, 0.1) is 6.61 Å². The number of aliphatic hydroxyl groups is 6. The van der Waals surface area contributed by atoms with E-state index in [1.807, 2.05) is 0 Å². The number of hydrogen-bond acceptors (Lipinski definition) is 6. The highest BCUT2D eigenvalue weighted by molar-refractivity contribution is 6.22. The van der Waals surface area contributed by atoms with Crippen molar-refractivity contribution >= 4 is 11.6 Å². The lowest BCUT2D eigenvalue weighted by Gasteiger charge is -2.30. The summed E-state index contributed by atoms with van der Waals surface area (Å²) in [6.07, 6.45) is -7.11. The van der Waals surface area contributed by atoms with Crippen molar-refractivity contribution in [2.45, 2.75) is 36.4 Å². The lowest BCUT2D eigenvalue weighted by molar-refractivity contribution is -0.146. The maximum Gasteiger partial charge on any atom is 0.164 e. The molecule has 0 rings (SSSR count). The molecule has 0 radical (unpaired) electrons. The third kappa shape index (κ3) is 3.66. The van der Waals surface area contributed by atoms with Gasteiger partial charge in [0.2, 0.25) is 0 Å². The largest absolute Gasteiger partial charge is 0.394 e. The van der Waals surface area contributed by atoms with Crippen molar-refractivity contribution in [1.82, 2.24) is 0 Å². The third-order valence-electron chi connectivity index (χ3n) is 1.79. The summed E-state index contributed by atoms with van der Waals surface area (Å²) in [5.74, 6) is 0. The number of halogens is 1. The van der Waals surface area contributed by atoms with E-state index in [0.29, 0.717) is 0 Å². The van der Waals surface area contributed by atoms with Crippen LogP contribution in [-0.4, -0.2) is 66.7 Å². The molecule has 14 heavy (non-hydrogen) atoms. The van der Waals surface area contributed by atoms with Gasteiger partial charge in [-0.15, -0.1) is 0 Å². The first kappa shape index (κ1) is 14.1. The predicted octanol–water partition coefficient (Wildman–Crippen LogP) is -2.63. The van der Waals surface area contributed by atoms with Crippen LogP contribution < -0.4 is 0 Å². The molecule has 0 saturated carbocycles. The lowest BCUT2D eigenvalue weighted by atomic mass is 10.00. The van der Waals surface area contributed by atoms with Gasteiger partial charge in [-0.25, -0.2) is 0 Å². The zero-order chi connectivity index (χ0) is 11.5. The van der Waals surface area contributed by atoms with Gasteiger partial charge < -0.3 is 30.6 Å². The molecule has 0 aromatic carbocycles. The lowest BCUT2D eigenvalue weighted by Crippen LogP contribution is -2.52. The van der Waals surface area contributed by atoms with E-state index in [1.165, 1.54) is 0 Å². The molecular formula is C7H15ClO6. The van der Waals surface area contributed by atoms with Gasteiger partial charge in [0.1, 0.15) is 24.4 Å². The molecule has 0 aliphatic carbocycles. The second kappa shape index (κ2) is 5.22. The highest BCUT2D eigenvalue weighted by atomic mass is 35.5. The first-order valence-electron chi connectivity index (χ1n) is 3.96. The first-order valence-corrected chi connectivity index (χ1v) is 4.34. The Kier molecular flexibility index (Phi) is 5.24. The van der Waals surface area contributed by atoms with Crippen LogP contribution in [0.1, 0.15) is 6.92 Å². The number of alkyl halides is 1. The standard InChI is InChI=1S/C7H15ClO6/c1-7(8,14)6(13)5(12)4(11)3(10)2-9/h3-6,9-14H,2H2,1H3. The van der Waals surface area contributed by atoms with Crippen molar-refractivity contribution in [2.75, 3.05) is 6.61 Å². The zero-order valence-corrected chi connectivity index (χ0v) is 8.33. The second-order valence-corrected chi connectivity index (χ2v) is 3.97. The van der Waals surface area contributed by atoms with Crippen LogP contribution in [0.2, 0.25) is 0 Å². The predicted molar refractivity (Wildman–Crippen MR) is 47.6 cm³/mol. The van der Waals surface area contributed by atoms with Crippen LogP contribution in [0.3, 0.4) is 0 Å². The molecule has 0 aliphatic heterocycles. The van der Waals surface area contributed by atoms with Gasteiger partial charge in [-0.1, -0.05) is 11.6 Å². The van der Waals surface area contributed by atoms with Gasteiger partial charge >= 0.3 is 0 Å². The number of hydrogen-bond donors (Lipinski definition) is 6. The maximum absolute atomic E-state index is 9.21. The van der Waals surface area contributed by atoms with Gasteiger partial charge in [0, 0.05) is 0 Å². The smallest absolute Gasteiger partial charge is 0.164 e.